The highest BCUT2D eigenvalue weighted by molar-refractivity contribution is 4.53. The van der Waals surface area contributed by atoms with Crippen LogP contribution in [0.3, 0.4) is 0 Å². The predicted molar refractivity (Wildman–Crippen MR) is 196 cm³/mol. The van der Waals surface area contributed by atoms with Crippen molar-refractivity contribution >= 4 is 0 Å². The highest BCUT2D eigenvalue weighted by Gasteiger charge is 2.20. The monoisotopic (exact) mass is 609 g/mol. The average molecular weight is 609 g/mol. The largest absolute Gasteiger partial charge is 0.396 e. The molecule has 2 nitrogen and oxygen atoms in total. The van der Waals surface area contributed by atoms with E-state index in [-0.39, 0.29) is 0 Å². The van der Waals surface area contributed by atoms with Crippen molar-refractivity contribution in [3.05, 3.63) is 0 Å². The maximum absolute atomic E-state index is 9.02. The van der Waals surface area contributed by atoms with Crippen LogP contribution in [-0.4, -0.2) is 42.9 Å². The van der Waals surface area contributed by atoms with E-state index in [4.69, 9.17) is 5.11 Å². The summed E-state index contributed by atoms with van der Waals surface area (Å²) in [7, 11) is 2.58. The van der Waals surface area contributed by atoms with Crippen LogP contribution in [0.15, 0.2) is 0 Å². The molecule has 0 bridgehead atoms. The van der Waals surface area contributed by atoms with Crippen LogP contribution >= 0.6 is 0 Å². The molecule has 0 aromatic carbocycles. The highest BCUT2D eigenvalue weighted by atomic mass is 16.2. The van der Waals surface area contributed by atoms with Gasteiger partial charge in [0.25, 0.3) is 0 Å². The summed E-state index contributed by atoms with van der Waals surface area (Å²) in [6, 6.07) is 0. The molecule has 0 unspecified atom stereocenters. The van der Waals surface area contributed by atoms with Crippen LogP contribution < -0.4 is 0 Å². The summed E-state index contributed by atoms with van der Waals surface area (Å²) in [4.78, 5) is 0. The smallest absolute Gasteiger partial charge is 0.0784 e. The van der Waals surface area contributed by atoms with Crippen LogP contribution in [0.1, 0.15) is 232 Å². The van der Waals surface area contributed by atoms with E-state index >= 15 is 0 Å². The van der Waals surface area contributed by atoms with Crippen LogP contribution in [0.4, 0.5) is 0 Å². The third-order valence-electron chi connectivity index (χ3n) is 10.2. The Morgan fingerprint density at radius 3 is 0.674 bits per heavy atom. The number of unbranched alkanes of at least 4 members (excludes halogenated alkanes) is 31. The molecule has 0 heterocycles. The molecule has 0 spiro atoms. The van der Waals surface area contributed by atoms with Gasteiger partial charge in [0.1, 0.15) is 0 Å². The van der Waals surface area contributed by atoms with E-state index in [1.807, 2.05) is 0 Å². The van der Waals surface area contributed by atoms with Crippen molar-refractivity contribution < 1.29 is 9.59 Å². The first-order chi connectivity index (χ1) is 21.2. The molecule has 0 radical (unpaired) electrons. The molecular weight excluding hydrogens is 522 g/mol. The molecule has 43 heavy (non-hydrogen) atoms. The van der Waals surface area contributed by atoms with Gasteiger partial charge in [-0.25, -0.2) is 0 Å². The second-order valence-electron chi connectivity index (χ2n) is 14.8. The lowest BCUT2D eigenvalue weighted by Crippen LogP contribution is -2.46. The Hall–Kier alpha value is -0.0800. The Bertz CT molecular complexity index is 460. The fourth-order valence-electron chi connectivity index (χ4n) is 7.02. The molecule has 0 aromatic rings. The van der Waals surface area contributed by atoms with Gasteiger partial charge in [-0.1, -0.05) is 187 Å². The van der Waals surface area contributed by atoms with Crippen molar-refractivity contribution in [2.24, 2.45) is 0 Å². The molecule has 2 heteroatoms. The fourth-order valence-corrected chi connectivity index (χ4v) is 7.02. The summed E-state index contributed by atoms with van der Waals surface area (Å²) < 4.78 is 1.33. The Morgan fingerprint density at radius 1 is 0.279 bits per heavy atom. The molecule has 0 aliphatic heterocycles. The third kappa shape index (κ3) is 34.6. The number of hydrogen-bond donors (Lipinski definition) is 1. The van der Waals surface area contributed by atoms with Gasteiger partial charge in [-0.2, -0.15) is 0 Å². The van der Waals surface area contributed by atoms with Crippen molar-refractivity contribution in [1.82, 2.24) is 0 Å². The van der Waals surface area contributed by atoms with Crippen LogP contribution in [0.25, 0.3) is 0 Å². The van der Waals surface area contributed by atoms with E-state index in [2.05, 4.69) is 20.9 Å². The SMILES string of the molecule is CCCCCCCCCCCCCCCC[N+](C)(CCCCCCCCO)CCCCCCCCCCCCCCCC. The Balaban J connectivity index is 3.95. The highest BCUT2D eigenvalue weighted by Crippen LogP contribution is 2.18. The zero-order valence-electron chi connectivity index (χ0n) is 30.8. The van der Waals surface area contributed by atoms with Crippen LogP contribution in [-0.2, 0) is 0 Å². The molecule has 260 valence electrons. The summed E-state index contributed by atoms with van der Waals surface area (Å²) in [5.41, 5.74) is 0. The lowest BCUT2D eigenvalue weighted by atomic mass is 10.0. The molecular formula is C41H86NO+. The maximum Gasteiger partial charge on any atom is 0.0784 e. The van der Waals surface area contributed by atoms with Gasteiger partial charge >= 0.3 is 0 Å². The zero-order chi connectivity index (χ0) is 31.4. The predicted octanol–water partition coefficient (Wildman–Crippen LogP) is 13.7. The second kappa shape index (κ2) is 36.4. The summed E-state index contributed by atoms with van der Waals surface area (Å²) in [5, 5.41) is 9.02. The van der Waals surface area contributed by atoms with Gasteiger partial charge in [0.15, 0.2) is 0 Å². The number of aliphatic hydroxyl groups is 1. The van der Waals surface area contributed by atoms with E-state index < -0.39 is 0 Å². The standard InChI is InChI=1S/C41H86NO/c1-4-6-8-10-12-14-16-18-20-22-24-26-30-34-38-42(3,40-36-32-28-29-33-37-41-43)39-35-31-27-25-23-21-19-17-15-13-11-9-7-5-2/h43H,4-41H2,1-3H3/q+1. The summed E-state index contributed by atoms with van der Waals surface area (Å²) in [6.07, 6.45) is 48.4. The first kappa shape index (κ1) is 42.9. The van der Waals surface area contributed by atoms with Gasteiger partial charge in [-0.3, -0.25) is 0 Å². The minimum absolute atomic E-state index is 0.368. The van der Waals surface area contributed by atoms with Gasteiger partial charge in [0.05, 0.1) is 26.7 Å². The van der Waals surface area contributed by atoms with Gasteiger partial charge in [-0.05, 0) is 44.9 Å². The Morgan fingerprint density at radius 2 is 0.465 bits per heavy atom. The van der Waals surface area contributed by atoms with Gasteiger partial charge in [-0.15, -0.1) is 0 Å². The minimum atomic E-state index is 0.368. The van der Waals surface area contributed by atoms with Gasteiger partial charge in [0.2, 0.25) is 0 Å². The zero-order valence-corrected chi connectivity index (χ0v) is 30.8. The normalized spacial score (nSPS) is 12.0. The molecule has 0 rings (SSSR count). The number of quaternary nitrogens is 1. The van der Waals surface area contributed by atoms with Crippen molar-refractivity contribution in [2.75, 3.05) is 33.3 Å². The first-order valence-electron chi connectivity index (χ1n) is 20.6. The molecule has 0 aliphatic carbocycles. The summed E-state index contributed by atoms with van der Waals surface area (Å²) >= 11 is 0. The number of nitrogens with zero attached hydrogens (tertiary/aromatic N) is 1. The Labute approximate surface area is 274 Å². The van der Waals surface area contributed by atoms with Crippen molar-refractivity contribution in [1.29, 1.82) is 0 Å². The van der Waals surface area contributed by atoms with E-state index in [0.29, 0.717) is 6.61 Å². The second-order valence-corrected chi connectivity index (χ2v) is 14.8. The number of aliphatic hydroxyl groups excluding tert-OH is 1. The average Bonchev–Trinajstić information content (AvgIpc) is 3.01. The number of hydrogen-bond acceptors (Lipinski definition) is 1. The van der Waals surface area contributed by atoms with E-state index in [0.717, 1.165) is 6.42 Å². The van der Waals surface area contributed by atoms with Crippen LogP contribution in [0.2, 0.25) is 0 Å². The molecule has 0 saturated heterocycles. The Kier molecular flexibility index (Phi) is 36.3. The van der Waals surface area contributed by atoms with Crippen molar-refractivity contribution in [2.45, 2.75) is 232 Å². The maximum atomic E-state index is 9.02. The van der Waals surface area contributed by atoms with Crippen molar-refractivity contribution in [3.63, 3.8) is 0 Å². The van der Waals surface area contributed by atoms with Gasteiger partial charge in [0, 0.05) is 6.61 Å². The molecule has 0 saturated carbocycles. The van der Waals surface area contributed by atoms with Gasteiger partial charge < -0.3 is 9.59 Å². The van der Waals surface area contributed by atoms with Crippen LogP contribution in [0.5, 0.6) is 0 Å². The van der Waals surface area contributed by atoms with E-state index in [1.54, 1.807) is 0 Å². The summed E-state index contributed by atoms with van der Waals surface area (Å²) in [5.74, 6) is 0. The molecule has 0 atom stereocenters. The quantitative estimate of drug-likeness (QED) is 0.0546. The molecule has 0 aromatic heterocycles. The molecule has 0 aliphatic rings. The first-order valence-corrected chi connectivity index (χ1v) is 20.6. The topological polar surface area (TPSA) is 20.2 Å². The van der Waals surface area contributed by atoms with Crippen LogP contribution in [0, 0.1) is 0 Å². The summed E-state index contributed by atoms with van der Waals surface area (Å²) in [6.45, 7) is 9.18. The molecule has 1 N–H and O–H groups in total. The molecule has 0 amide bonds. The third-order valence-corrected chi connectivity index (χ3v) is 10.2. The lowest BCUT2D eigenvalue weighted by molar-refractivity contribution is -0.910. The number of rotatable bonds is 38. The fraction of sp³-hybridized carbons (Fsp3) is 1.00. The minimum Gasteiger partial charge on any atom is -0.396 e. The van der Waals surface area contributed by atoms with Crippen molar-refractivity contribution in [3.8, 4) is 0 Å². The molecule has 0 fully saturated rings. The lowest BCUT2D eigenvalue weighted by Gasteiger charge is -2.35. The van der Waals surface area contributed by atoms with E-state index in [1.165, 1.54) is 236 Å². The van der Waals surface area contributed by atoms with E-state index in [9.17, 15) is 0 Å².